The molecular weight excluding hydrogens is 318 g/mol. The Labute approximate surface area is 147 Å². The molecule has 3 N–H and O–H groups in total. The molecule has 25 heavy (non-hydrogen) atoms. The number of carbonyl (C=O) groups excluding carboxylic acids is 1. The van der Waals surface area contributed by atoms with Crippen LogP contribution < -0.4 is 20.5 Å². The predicted molar refractivity (Wildman–Crippen MR) is 97.0 cm³/mol. The van der Waals surface area contributed by atoms with Crippen LogP contribution >= 0.6 is 0 Å². The SMILES string of the molecule is COc1cc2c(cc1OC)CN(C(=O)Nc1ccc(CN)cc1)CC2. The van der Waals surface area contributed by atoms with Gasteiger partial charge in [-0.1, -0.05) is 12.1 Å². The predicted octanol–water partition coefficient (Wildman–Crippen LogP) is 2.75. The molecule has 0 aliphatic carbocycles. The smallest absolute Gasteiger partial charge is 0.322 e. The van der Waals surface area contributed by atoms with Crippen molar-refractivity contribution in [2.45, 2.75) is 19.5 Å². The maximum atomic E-state index is 12.5. The van der Waals surface area contributed by atoms with Gasteiger partial charge in [0.15, 0.2) is 11.5 Å². The van der Waals surface area contributed by atoms with Gasteiger partial charge in [0.25, 0.3) is 0 Å². The van der Waals surface area contributed by atoms with Gasteiger partial charge < -0.3 is 25.4 Å². The van der Waals surface area contributed by atoms with Gasteiger partial charge in [-0.15, -0.1) is 0 Å². The minimum atomic E-state index is -0.110. The number of carbonyl (C=O) groups is 1. The molecule has 2 aromatic carbocycles. The number of amides is 2. The Kier molecular flexibility index (Phi) is 5.09. The van der Waals surface area contributed by atoms with E-state index in [0.717, 1.165) is 29.0 Å². The Hall–Kier alpha value is -2.73. The van der Waals surface area contributed by atoms with Crippen LogP contribution in [0.5, 0.6) is 11.5 Å². The molecule has 0 atom stereocenters. The third-order valence-corrected chi connectivity index (χ3v) is 4.45. The highest BCUT2D eigenvalue weighted by Crippen LogP contribution is 2.33. The first-order valence-electron chi connectivity index (χ1n) is 8.23. The zero-order valence-corrected chi connectivity index (χ0v) is 14.5. The lowest BCUT2D eigenvalue weighted by atomic mass is 9.99. The Morgan fingerprint density at radius 3 is 2.36 bits per heavy atom. The number of benzene rings is 2. The van der Waals surface area contributed by atoms with E-state index in [1.54, 1.807) is 19.1 Å². The number of urea groups is 1. The Bertz CT molecular complexity index is 759. The number of nitrogens with two attached hydrogens (primary N) is 1. The van der Waals surface area contributed by atoms with Gasteiger partial charge in [0.2, 0.25) is 0 Å². The Morgan fingerprint density at radius 2 is 1.76 bits per heavy atom. The van der Waals surface area contributed by atoms with Crippen molar-refractivity contribution >= 4 is 11.7 Å². The lowest BCUT2D eigenvalue weighted by molar-refractivity contribution is 0.206. The van der Waals surface area contributed by atoms with Crippen LogP contribution in [0.3, 0.4) is 0 Å². The summed E-state index contributed by atoms with van der Waals surface area (Å²) >= 11 is 0. The van der Waals surface area contributed by atoms with Gasteiger partial charge in [0.05, 0.1) is 14.2 Å². The van der Waals surface area contributed by atoms with E-state index in [4.69, 9.17) is 15.2 Å². The van der Waals surface area contributed by atoms with Crippen LogP contribution in [0.25, 0.3) is 0 Å². The van der Waals surface area contributed by atoms with Crippen LogP contribution in [0.2, 0.25) is 0 Å². The molecule has 1 aliphatic heterocycles. The van der Waals surface area contributed by atoms with E-state index in [0.29, 0.717) is 25.4 Å². The fourth-order valence-electron chi connectivity index (χ4n) is 2.98. The maximum absolute atomic E-state index is 12.5. The van der Waals surface area contributed by atoms with Gasteiger partial charge in [0.1, 0.15) is 0 Å². The average Bonchev–Trinajstić information content (AvgIpc) is 2.66. The monoisotopic (exact) mass is 341 g/mol. The maximum Gasteiger partial charge on any atom is 0.322 e. The van der Waals surface area contributed by atoms with Gasteiger partial charge in [-0.2, -0.15) is 0 Å². The minimum Gasteiger partial charge on any atom is -0.493 e. The molecule has 0 spiro atoms. The molecule has 3 rings (SSSR count). The summed E-state index contributed by atoms with van der Waals surface area (Å²) in [5.41, 5.74) is 9.66. The molecule has 0 saturated carbocycles. The quantitative estimate of drug-likeness (QED) is 0.896. The fourth-order valence-corrected chi connectivity index (χ4v) is 2.98. The molecule has 1 aliphatic rings. The van der Waals surface area contributed by atoms with Crippen molar-refractivity contribution < 1.29 is 14.3 Å². The molecule has 0 fully saturated rings. The summed E-state index contributed by atoms with van der Waals surface area (Å²) in [7, 11) is 3.24. The number of hydrogen-bond donors (Lipinski definition) is 2. The molecule has 2 amide bonds. The largest absolute Gasteiger partial charge is 0.493 e. The summed E-state index contributed by atoms with van der Waals surface area (Å²) in [6.07, 6.45) is 0.787. The van der Waals surface area contributed by atoms with Crippen LogP contribution in [0, 0.1) is 0 Å². The normalized spacial score (nSPS) is 13.2. The van der Waals surface area contributed by atoms with Crippen molar-refractivity contribution in [2.24, 2.45) is 5.73 Å². The van der Waals surface area contributed by atoms with Crippen LogP contribution in [0.4, 0.5) is 10.5 Å². The standard InChI is InChI=1S/C19H23N3O3/c1-24-17-9-14-7-8-22(12-15(14)10-18(17)25-2)19(23)21-16-5-3-13(11-20)4-6-16/h3-6,9-10H,7-8,11-12,20H2,1-2H3,(H,21,23). The molecule has 1 heterocycles. The summed E-state index contributed by atoms with van der Waals surface area (Å²) in [5, 5.41) is 2.94. The molecule has 0 unspecified atom stereocenters. The van der Waals surface area contributed by atoms with Crippen LogP contribution in [-0.2, 0) is 19.5 Å². The first-order valence-corrected chi connectivity index (χ1v) is 8.23. The van der Waals surface area contributed by atoms with Crippen molar-refractivity contribution in [3.05, 3.63) is 53.1 Å². The number of nitrogens with one attached hydrogen (secondary N) is 1. The number of rotatable bonds is 4. The number of hydrogen-bond acceptors (Lipinski definition) is 4. The summed E-state index contributed by atoms with van der Waals surface area (Å²) in [6, 6.07) is 11.4. The van der Waals surface area contributed by atoms with Gasteiger partial charge in [-0.25, -0.2) is 4.79 Å². The van der Waals surface area contributed by atoms with E-state index in [2.05, 4.69) is 5.32 Å². The molecule has 6 heteroatoms. The molecule has 132 valence electrons. The molecular formula is C19H23N3O3. The minimum absolute atomic E-state index is 0.110. The van der Waals surface area contributed by atoms with E-state index in [-0.39, 0.29) is 6.03 Å². The third kappa shape index (κ3) is 3.69. The highest BCUT2D eigenvalue weighted by Gasteiger charge is 2.22. The Balaban J connectivity index is 1.71. The second kappa shape index (κ2) is 7.44. The van der Waals surface area contributed by atoms with Crippen molar-refractivity contribution in [2.75, 3.05) is 26.1 Å². The first-order chi connectivity index (χ1) is 12.1. The summed E-state index contributed by atoms with van der Waals surface area (Å²) in [5.74, 6) is 1.40. The number of anilines is 1. The molecule has 2 aromatic rings. The van der Waals surface area contributed by atoms with Gasteiger partial charge in [-0.05, 0) is 47.4 Å². The summed E-state index contributed by atoms with van der Waals surface area (Å²) < 4.78 is 10.7. The average molecular weight is 341 g/mol. The van der Waals surface area contributed by atoms with Crippen molar-refractivity contribution in [3.8, 4) is 11.5 Å². The molecule has 0 bridgehead atoms. The van der Waals surface area contributed by atoms with E-state index < -0.39 is 0 Å². The van der Waals surface area contributed by atoms with Gasteiger partial charge in [0, 0.05) is 25.3 Å². The van der Waals surface area contributed by atoms with Gasteiger partial charge in [-0.3, -0.25) is 0 Å². The zero-order valence-electron chi connectivity index (χ0n) is 14.5. The summed E-state index contributed by atoms with van der Waals surface area (Å²) in [4.78, 5) is 14.3. The van der Waals surface area contributed by atoms with E-state index >= 15 is 0 Å². The zero-order chi connectivity index (χ0) is 17.8. The van der Waals surface area contributed by atoms with Gasteiger partial charge >= 0.3 is 6.03 Å². The first kappa shape index (κ1) is 17.1. The molecule has 0 radical (unpaired) electrons. The van der Waals surface area contributed by atoms with Crippen LogP contribution in [0.15, 0.2) is 36.4 Å². The van der Waals surface area contributed by atoms with Crippen molar-refractivity contribution in [1.82, 2.24) is 4.90 Å². The number of nitrogens with zero attached hydrogens (tertiary/aromatic N) is 1. The van der Waals surface area contributed by atoms with Crippen molar-refractivity contribution in [1.29, 1.82) is 0 Å². The fraction of sp³-hybridized carbons (Fsp3) is 0.316. The summed E-state index contributed by atoms with van der Waals surface area (Å²) in [6.45, 7) is 1.69. The lowest BCUT2D eigenvalue weighted by Gasteiger charge is -2.29. The number of methoxy groups -OCH3 is 2. The van der Waals surface area contributed by atoms with E-state index in [9.17, 15) is 4.79 Å². The second-order valence-corrected chi connectivity index (χ2v) is 5.98. The molecule has 0 aromatic heterocycles. The second-order valence-electron chi connectivity index (χ2n) is 5.98. The molecule has 0 saturated heterocycles. The topological polar surface area (TPSA) is 76.8 Å². The van der Waals surface area contributed by atoms with Crippen molar-refractivity contribution in [3.63, 3.8) is 0 Å². The third-order valence-electron chi connectivity index (χ3n) is 4.45. The number of ether oxygens (including phenoxy) is 2. The Morgan fingerprint density at radius 1 is 1.12 bits per heavy atom. The highest BCUT2D eigenvalue weighted by molar-refractivity contribution is 5.89. The van der Waals surface area contributed by atoms with Crippen LogP contribution in [-0.4, -0.2) is 31.7 Å². The molecule has 6 nitrogen and oxygen atoms in total. The van der Waals surface area contributed by atoms with E-state index in [1.807, 2.05) is 36.4 Å². The number of fused-ring (bicyclic) bond motifs is 1. The van der Waals surface area contributed by atoms with E-state index in [1.165, 1.54) is 5.56 Å². The van der Waals surface area contributed by atoms with Crippen LogP contribution in [0.1, 0.15) is 16.7 Å². The highest BCUT2D eigenvalue weighted by atomic mass is 16.5. The lowest BCUT2D eigenvalue weighted by Crippen LogP contribution is -2.38.